The Morgan fingerprint density at radius 2 is 1.95 bits per heavy atom. The third-order valence-electron chi connectivity index (χ3n) is 3.77. The van der Waals surface area contributed by atoms with Crippen LogP contribution in [0, 0.1) is 11.3 Å². The monoisotopic (exact) mass is 258 g/mol. The van der Waals surface area contributed by atoms with Gasteiger partial charge in [0, 0.05) is 12.1 Å². The molecule has 1 saturated carbocycles. The molecule has 1 fully saturated rings. The number of rotatable bonds is 5. The summed E-state index contributed by atoms with van der Waals surface area (Å²) < 4.78 is 5.26. The molecule has 1 aliphatic rings. The molecule has 3 nitrogen and oxygen atoms in total. The normalized spacial score (nSPS) is 17.7. The molecule has 0 heterocycles. The fraction of sp³-hybridized carbons (Fsp3) is 0.562. The molecule has 1 aliphatic carbocycles. The molecular formula is C16H22N2O. The Balaban J connectivity index is 1.87. The zero-order chi connectivity index (χ0) is 13.5. The third kappa shape index (κ3) is 4.25. The molecule has 1 atom stereocenters. The van der Waals surface area contributed by atoms with E-state index in [-0.39, 0.29) is 6.61 Å². The summed E-state index contributed by atoms with van der Waals surface area (Å²) in [6, 6.07) is 11.0. The van der Waals surface area contributed by atoms with Crippen LogP contribution in [0.3, 0.4) is 0 Å². The summed E-state index contributed by atoms with van der Waals surface area (Å²) >= 11 is 0. The van der Waals surface area contributed by atoms with Crippen LogP contribution in [0.5, 0.6) is 5.75 Å². The zero-order valence-electron chi connectivity index (χ0n) is 11.6. The third-order valence-corrected chi connectivity index (χ3v) is 3.77. The molecule has 3 heteroatoms. The first-order valence-corrected chi connectivity index (χ1v) is 7.15. The van der Waals surface area contributed by atoms with Gasteiger partial charge in [0.2, 0.25) is 0 Å². The Labute approximate surface area is 115 Å². The van der Waals surface area contributed by atoms with Crippen molar-refractivity contribution in [3.05, 3.63) is 29.8 Å². The Morgan fingerprint density at radius 1 is 1.26 bits per heavy atom. The van der Waals surface area contributed by atoms with Crippen molar-refractivity contribution in [3.63, 3.8) is 0 Å². The standard InChI is InChI=1S/C16H22N2O/c1-13(18-15-5-3-2-4-6-15)14-7-9-16(10-8-14)19-12-11-17/h7-10,13,15,18H,2-6,12H2,1H3. The maximum atomic E-state index is 8.47. The van der Waals surface area contributed by atoms with Crippen LogP contribution in [-0.4, -0.2) is 12.6 Å². The van der Waals surface area contributed by atoms with Gasteiger partial charge in [0.05, 0.1) is 0 Å². The van der Waals surface area contributed by atoms with Crippen molar-refractivity contribution < 1.29 is 4.74 Å². The van der Waals surface area contributed by atoms with Crippen LogP contribution in [0.25, 0.3) is 0 Å². The summed E-state index contributed by atoms with van der Waals surface area (Å²) in [7, 11) is 0. The average molecular weight is 258 g/mol. The Bertz CT molecular complexity index is 415. The minimum Gasteiger partial charge on any atom is -0.479 e. The highest BCUT2D eigenvalue weighted by Gasteiger charge is 2.16. The highest BCUT2D eigenvalue weighted by molar-refractivity contribution is 5.29. The van der Waals surface area contributed by atoms with Gasteiger partial charge < -0.3 is 10.1 Å². The number of hydrogen-bond donors (Lipinski definition) is 1. The zero-order valence-corrected chi connectivity index (χ0v) is 11.6. The lowest BCUT2D eigenvalue weighted by Gasteiger charge is -2.26. The van der Waals surface area contributed by atoms with Crippen molar-refractivity contribution in [2.24, 2.45) is 0 Å². The largest absolute Gasteiger partial charge is 0.479 e. The van der Waals surface area contributed by atoms with Gasteiger partial charge in [-0.25, -0.2) is 0 Å². The van der Waals surface area contributed by atoms with Crippen LogP contribution in [0.2, 0.25) is 0 Å². The van der Waals surface area contributed by atoms with Gasteiger partial charge in [-0.3, -0.25) is 0 Å². The molecule has 0 aromatic heterocycles. The molecule has 0 aliphatic heterocycles. The fourth-order valence-corrected chi connectivity index (χ4v) is 2.69. The highest BCUT2D eigenvalue weighted by Crippen LogP contribution is 2.22. The number of nitriles is 1. The summed E-state index contributed by atoms with van der Waals surface area (Å²) in [6.07, 6.45) is 6.69. The maximum absolute atomic E-state index is 8.47. The van der Waals surface area contributed by atoms with E-state index in [1.54, 1.807) is 0 Å². The molecule has 1 unspecified atom stereocenters. The molecule has 102 valence electrons. The van der Waals surface area contributed by atoms with Crippen LogP contribution in [0.1, 0.15) is 50.6 Å². The smallest absolute Gasteiger partial charge is 0.174 e. The molecule has 0 saturated heterocycles. The molecule has 1 aromatic rings. The summed E-state index contributed by atoms with van der Waals surface area (Å²) in [4.78, 5) is 0. The number of ether oxygens (including phenoxy) is 1. The van der Waals surface area contributed by atoms with Gasteiger partial charge in [0.25, 0.3) is 0 Å². The van der Waals surface area contributed by atoms with E-state index in [9.17, 15) is 0 Å². The summed E-state index contributed by atoms with van der Waals surface area (Å²) in [5.74, 6) is 0.759. The lowest BCUT2D eigenvalue weighted by Crippen LogP contribution is -2.33. The van der Waals surface area contributed by atoms with Crippen molar-refractivity contribution >= 4 is 0 Å². The van der Waals surface area contributed by atoms with Crippen LogP contribution in [-0.2, 0) is 0 Å². The molecule has 0 bridgehead atoms. The van der Waals surface area contributed by atoms with Crippen LogP contribution >= 0.6 is 0 Å². The second kappa shape index (κ2) is 7.16. The summed E-state index contributed by atoms with van der Waals surface area (Å²) in [6.45, 7) is 2.31. The first kappa shape index (κ1) is 13.9. The van der Waals surface area contributed by atoms with E-state index < -0.39 is 0 Å². The number of benzene rings is 1. The average Bonchev–Trinajstić information content (AvgIpc) is 2.46. The van der Waals surface area contributed by atoms with Crippen molar-refractivity contribution in [3.8, 4) is 11.8 Å². The molecular weight excluding hydrogens is 236 g/mol. The van der Waals surface area contributed by atoms with Crippen molar-refractivity contribution in [1.29, 1.82) is 5.26 Å². The van der Waals surface area contributed by atoms with Crippen molar-refractivity contribution in [2.75, 3.05) is 6.61 Å². The molecule has 0 spiro atoms. The lowest BCUT2D eigenvalue weighted by molar-refractivity contribution is 0.346. The highest BCUT2D eigenvalue weighted by atomic mass is 16.5. The maximum Gasteiger partial charge on any atom is 0.174 e. The second-order valence-electron chi connectivity index (χ2n) is 5.24. The first-order chi connectivity index (χ1) is 9.29. The van der Waals surface area contributed by atoms with Crippen LogP contribution < -0.4 is 10.1 Å². The van der Waals surface area contributed by atoms with E-state index in [0.717, 1.165) is 5.75 Å². The number of nitrogens with one attached hydrogen (secondary N) is 1. The predicted molar refractivity (Wildman–Crippen MR) is 76.0 cm³/mol. The minimum absolute atomic E-state index is 0.106. The topological polar surface area (TPSA) is 45.0 Å². The van der Waals surface area contributed by atoms with E-state index in [4.69, 9.17) is 10.00 Å². The van der Waals surface area contributed by atoms with Crippen LogP contribution in [0.15, 0.2) is 24.3 Å². The Morgan fingerprint density at radius 3 is 2.58 bits per heavy atom. The lowest BCUT2D eigenvalue weighted by atomic mass is 9.94. The molecule has 0 radical (unpaired) electrons. The van der Waals surface area contributed by atoms with Gasteiger partial charge in [-0.2, -0.15) is 5.26 Å². The Kier molecular flexibility index (Phi) is 5.23. The number of hydrogen-bond acceptors (Lipinski definition) is 3. The molecule has 1 N–H and O–H groups in total. The van der Waals surface area contributed by atoms with Gasteiger partial charge in [-0.05, 0) is 37.5 Å². The van der Waals surface area contributed by atoms with Crippen molar-refractivity contribution in [1.82, 2.24) is 5.32 Å². The summed E-state index contributed by atoms with van der Waals surface area (Å²) in [5.41, 5.74) is 1.27. The molecule has 0 amide bonds. The minimum atomic E-state index is 0.106. The SMILES string of the molecule is CC(NC1CCCCC1)c1ccc(OCC#N)cc1. The van der Waals surface area contributed by atoms with Gasteiger partial charge in [0.1, 0.15) is 11.8 Å². The van der Waals surface area contributed by atoms with Gasteiger partial charge in [-0.15, -0.1) is 0 Å². The van der Waals surface area contributed by atoms with E-state index >= 15 is 0 Å². The first-order valence-electron chi connectivity index (χ1n) is 7.15. The Hall–Kier alpha value is -1.53. The quantitative estimate of drug-likeness (QED) is 0.878. The van der Waals surface area contributed by atoms with Crippen molar-refractivity contribution in [2.45, 2.75) is 51.1 Å². The van der Waals surface area contributed by atoms with E-state index in [1.807, 2.05) is 18.2 Å². The number of nitrogens with zero attached hydrogens (tertiary/aromatic N) is 1. The molecule has 2 rings (SSSR count). The van der Waals surface area contributed by atoms with E-state index in [1.165, 1.54) is 37.7 Å². The predicted octanol–water partition coefficient (Wildman–Crippen LogP) is 3.57. The molecule has 19 heavy (non-hydrogen) atoms. The fourth-order valence-electron chi connectivity index (χ4n) is 2.69. The van der Waals surface area contributed by atoms with E-state index in [2.05, 4.69) is 24.4 Å². The van der Waals surface area contributed by atoms with Gasteiger partial charge in [0.15, 0.2) is 6.61 Å². The molecule has 1 aromatic carbocycles. The van der Waals surface area contributed by atoms with Crippen LogP contribution in [0.4, 0.5) is 0 Å². The second-order valence-corrected chi connectivity index (χ2v) is 5.24. The summed E-state index contributed by atoms with van der Waals surface area (Å²) in [5, 5.41) is 12.2. The van der Waals surface area contributed by atoms with Gasteiger partial charge in [-0.1, -0.05) is 31.4 Å². The van der Waals surface area contributed by atoms with E-state index in [0.29, 0.717) is 12.1 Å². The van der Waals surface area contributed by atoms with Gasteiger partial charge >= 0.3 is 0 Å².